The minimum Gasteiger partial charge on any atom is -0.446 e. The summed E-state index contributed by atoms with van der Waals surface area (Å²) in [6.07, 6.45) is -1.65. The van der Waals surface area contributed by atoms with Gasteiger partial charge in [-0.2, -0.15) is 0 Å². The number of alkyl carbamates (subject to hydrolysis) is 1. The fraction of sp³-hybridized carbons (Fsp3) is 0.417. The smallest absolute Gasteiger partial charge is 0.408 e. The molecule has 2 fully saturated rings. The number of benzene rings is 1. The van der Waals surface area contributed by atoms with Gasteiger partial charge in [-0.25, -0.2) is 13.6 Å². The highest BCUT2D eigenvalue weighted by molar-refractivity contribution is 7.18. The molecule has 1 saturated heterocycles. The molecular formula is C24H25ClF2N4O6S. The van der Waals surface area contributed by atoms with Crippen LogP contribution in [0.1, 0.15) is 40.9 Å². The summed E-state index contributed by atoms with van der Waals surface area (Å²) >= 11 is 6.91. The van der Waals surface area contributed by atoms with Crippen LogP contribution in [-0.2, 0) is 19.1 Å². The topological polar surface area (TPSA) is 126 Å². The number of halogens is 3. The molecule has 38 heavy (non-hydrogen) atoms. The van der Waals surface area contributed by atoms with Gasteiger partial charge in [0.1, 0.15) is 18.8 Å². The predicted octanol–water partition coefficient (Wildman–Crippen LogP) is 3.72. The molecular weight excluding hydrogens is 546 g/mol. The van der Waals surface area contributed by atoms with E-state index in [2.05, 4.69) is 16.0 Å². The maximum absolute atomic E-state index is 13.9. The summed E-state index contributed by atoms with van der Waals surface area (Å²) in [5, 5.41) is 7.48. The fourth-order valence-corrected chi connectivity index (χ4v) is 4.76. The van der Waals surface area contributed by atoms with Crippen molar-refractivity contribution in [3.63, 3.8) is 0 Å². The minimum absolute atomic E-state index is 0.0188. The summed E-state index contributed by atoms with van der Waals surface area (Å²) in [7, 11) is 0. The van der Waals surface area contributed by atoms with E-state index in [0.717, 1.165) is 23.8 Å². The Hall–Kier alpha value is -3.29. The standard InChI is InChI=1S/C24H25ClF2N4O6S/c25-19-7-6-18(38-19)23(34)28-11-16(30-24(35)37-14-2-1-3-14)22(33)29-13-4-5-17(15(10-13)21(26)27)31-8-9-36-12-20(31)32/h4-7,10,14,16,21H,1-3,8-9,11-12H2,(H,28,34)(H,29,33)(H,30,35)/t16-/m0/s1. The predicted molar refractivity (Wildman–Crippen MR) is 136 cm³/mol. The number of morpholine rings is 1. The molecule has 3 N–H and O–H groups in total. The van der Waals surface area contributed by atoms with Gasteiger partial charge in [-0.05, 0) is 49.6 Å². The Labute approximate surface area is 225 Å². The van der Waals surface area contributed by atoms with Gasteiger partial charge in [0.05, 0.1) is 21.5 Å². The van der Waals surface area contributed by atoms with Crippen LogP contribution in [0.3, 0.4) is 0 Å². The van der Waals surface area contributed by atoms with E-state index in [-0.39, 0.29) is 43.8 Å². The second kappa shape index (κ2) is 12.5. The SMILES string of the molecule is O=C(N[C@@H](CNC(=O)c1ccc(Cl)s1)C(=O)Nc1ccc(N2CCOCC2=O)c(C(F)F)c1)OC1CCC1. The molecule has 14 heteroatoms. The molecule has 2 heterocycles. The molecule has 10 nitrogen and oxygen atoms in total. The van der Waals surface area contributed by atoms with Crippen LogP contribution in [0.2, 0.25) is 4.34 Å². The zero-order valence-corrected chi connectivity index (χ0v) is 21.6. The molecule has 4 rings (SSSR count). The average molecular weight is 571 g/mol. The zero-order chi connectivity index (χ0) is 27.2. The summed E-state index contributed by atoms with van der Waals surface area (Å²) in [6.45, 7) is -0.188. The van der Waals surface area contributed by atoms with E-state index in [1.54, 1.807) is 6.07 Å². The van der Waals surface area contributed by atoms with Crippen LogP contribution in [0.4, 0.5) is 25.0 Å². The van der Waals surface area contributed by atoms with Crippen molar-refractivity contribution in [2.75, 3.05) is 36.5 Å². The fourth-order valence-electron chi connectivity index (χ4n) is 3.80. The summed E-state index contributed by atoms with van der Waals surface area (Å²) in [4.78, 5) is 51.5. The second-order valence-corrected chi connectivity index (χ2v) is 10.3. The van der Waals surface area contributed by atoms with Crippen LogP contribution < -0.4 is 20.9 Å². The molecule has 2 aliphatic rings. The van der Waals surface area contributed by atoms with Crippen LogP contribution >= 0.6 is 22.9 Å². The van der Waals surface area contributed by atoms with Gasteiger partial charge in [0.25, 0.3) is 18.2 Å². The van der Waals surface area contributed by atoms with Crippen molar-refractivity contribution in [1.29, 1.82) is 0 Å². The van der Waals surface area contributed by atoms with E-state index in [9.17, 15) is 28.0 Å². The third-order valence-electron chi connectivity index (χ3n) is 6.00. The Morgan fingerprint density at radius 2 is 2.00 bits per heavy atom. The Kier molecular flexibility index (Phi) is 9.13. The number of carbonyl (C=O) groups is 4. The van der Waals surface area contributed by atoms with Crippen molar-refractivity contribution >= 4 is 58.1 Å². The highest BCUT2D eigenvalue weighted by atomic mass is 35.5. The molecule has 1 aromatic heterocycles. The molecule has 0 radical (unpaired) electrons. The molecule has 2 aromatic rings. The third kappa shape index (κ3) is 6.97. The first-order valence-electron chi connectivity index (χ1n) is 11.8. The summed E-state index contributed by atoms with van der Waals surface area (Å²) in [5.74, 6) is -1.73. The van der Waals surface area contributed by atoms with Gasteiger partial charge in [-0.15, -0.1) is 11.3 Å². The lowest BCUT2D eigenvalue weighted by atomic mass is 9.96. The van der Waals surface area contributed by atoms with Gasteiger partial charge in [-0.1, -0.05) is 11.6 Å². The van der Waals surface area contributed by atoms with E-state index in [1.165, 1.54) is 23.1 Å². The van der Waals surface area contributed by atoms with E-state index < -0.39 is 41.8 Å². The zero-order valence-electron chi connectivity index (χ0n) is 20.0. The number of alkyl halides is 2. The first kappa shape index (κ1) is 27.7. The number of ether oxygens (including phenoxy) is 2. The number of nitrogens with one attached hydrogen (secondary N) is 3. The van der Waals surface area contributed by atoms with Crippen LogP contribution in [0.5, 0.6) is 0 Å². The van der Waals surface area contributed by atoms with Gasteiger partial charge < -0.3 is 30.3 Å². The van der Waals surface area contributed by atoms with Gasteiger partial charge in [0.15, 0.2) is 0 Å². The van der Waals surface area contributed by atoms with E-state index in [1.807, 2.05) is 0 Å². The summed E-state index contributed by atoms with van der Waals surface area (Å²) in [5.41, 5.74) is -0.410. The highest BCUT2D eigenvalue weighted by Gasteiger charge is 2.29. The Morgan fingerprint density at radius 1 is 1.21 bits per heavy atom. The number of thiophene rings is 1. The number of carbonyl (C=O) groups excluding carboxylic acids is 4. The van der Waals surface area contributed by atoms with Gasteiger partial charge in [-0.3, -0.25) is 14.4 Å². The van der Waals surface area contributed by atoms with Crippen LogP contribution in [0.25, 0.3) is 0 Å². The molecule has 1 aromatic carbocycles. The lowest BCUT2D eigenvalue weighted by molar-refractivity contribution is -0.125. The Balaban J connectivity index is 1.47. The number of amides is 4. The summed E-state index contributed by atoms with van der Waals surface area (Å²) in [6, 6.07) is 5.54. The van der Waals surface area contributed by atoms with Crippen molar-refractivity contribution < 1.29 is 37.4 Å². The lowest BCUT2D eigenvalue weighted by Gasteiger charge is -2.29. The van der Waals surface area contributed by atoms with Crippen molar-refractivity contribution in [2.45, 2.75) is 37.8 Å². The number of anilines is 2. The monoisotopic (exact) mass is 570 g/mol. The molecule has 0 unspecified atom stereocenters. The maximum atomic E-state index is 13.9. The number of rotatable bonds is 9. The first-order chi connectivity index (χ1) is 18.2. The maximum Gasteiger partial charge on any atom is 0.408 e. The molecule has 4 amide bonds. The second-order valence-electron chi connectivity index (χ2n) is 8.63. The molecule has 0 bridgehead atoms. The highest BCUT2D eigenvalue weighted by Crippen LogP contribution is 2.33. The summed E-state index contributed by atoms with van der Waals surface area (Å²) < 4.78 is 38.5. The number of hydrogen-bond acceptors (Lipinski definition) is 7. The third-order valence-corrected chi connectivity index (χ3v) is 7.23. The van der Waals surface area contributed by atoms with Crippen LogP contribution in [0, 0.1) is 0 Å². The van der Waals surface area contributed by atoms with Gasteiger partial charge in [0, 0.05) is 24.3 Å². The number of hydrogen-bond donors (Lipinski definition) is 3. The van der Waals surface area contributed by atoms with Gasteiger partial charge in [0.2, 0.25) is 5.91 Å². The van der Waals surface area contributed by atoms with Crippen molar-refractivity contribution in [2.24, 2.45) is 0 Å². The normalized spacial score (nSPS) is 16.5. The molecule has 1 atom stereocenters. The largest absolute Gasteiger partial charge is 0.446 e. The van der Waals surface area contributed by atoms with Crippen molar-refractivity contribution in [3.8, 4) is 0 Å². The average Bonchev–Trinajstić information content (AvgIpc) is 3.30. The van der Waals surface area contributed by atoms with Crippen molar-refractivity contribution in [3.05, 3.63) is 45.1 Å². The molecule has 0 spiro atoms. The quantitative estimate of drug-likeness (QED) is 0.422. The van der Waals surface area contributed by atoms with Gasteiger partial charge >= 0.3 is 6.09 Å². The Bertz CT molecular complexity index is 1210. The molecule has 204 valence electrons. The number of nitrogens with zero attached hydrogens (tertiary/aromatic N) is 1. The van der Waals surface area contributed by atoms with E-state index in [0.29, 0.717) is 22.1 Å². The Morgan fingerprint density at radius 3 is 2.63 bits per heavy atom. The molecule has 1 aliphatic carbocycles. The van der Waals surface area contributed by atoms with Crippen LogP contribution in [-0.4, -0.2) is 62.3 Å². The lowest BCUT2D eigenvalue weighted by Crippen LogP contribution is -2.51. The van der Waals surface area contributed by atoms with E-state index in [4.69, 9.17) is 21.1 Å². The minimum atomic E-state index is -2.93. The van der Waals surface area contributed by atoms with Crippen LogP contribution in [0.15, 0.2) is 30.3 Å². The van der Waals surface area contributed by atoms with Crippen molar-refractivity contribution in [1.82, 2.24) is 10.6 Å². The molecule has 1 aliphatic heterocycles. The first-order valence-corrected chi connectivity index (χ1v) is 13.0. The van der Waals surface area contributed by atoms with E-state index >= 15 is 0 Å². The molecule has 1 saturated carbocycles.